The van der Waals surface area contributed by atoms with E-state index in [0.717, 1.165) is 0 Å². The van der Waals surface area contributed by atoms with E-state index in [4.69, 9.17) is 14.0 Å². The first-order chi connectivity index (χ1) is 15.0. The Morgan fingerprint density at radius 1 is 0.844 bits per heavy atom. The minimum atomic E-state index is -6.30. The molecular formula is C22H20F4O5S. The molecule has 1 aliphatic heterocycles. The number of hydrogen-bond acceptors (Lipinski definition) is 4. The molecule has 0 spiro atoms. The van der Waals surface area contributed by atoms with Gasteiger partial charge in [-0.15, -0.1) is 0 Å². The van der Waals surface area contributed by atoms with Gasteiger partial charge in [-0.3, -0.25) is 4.55 Å². The Hall–Kier alpha value is -2.01. The summed E-state index contributed by atoms with van der Waals surface area (Å²) < 4.78 is 101. The van der Waals surface area contributed by atoms with Crippen molar-refractivity contribution >= 4 is 10.1 Å². The van der Waals surface area contributed by atoms with E-state index in [1.807, 2.05) is 0 Å². The number of benzene rings is 2. The van der Waals surface area contributed by atoms with Gasteiger partial charge in [0, 0.05) is 17.0 Å². The Balaban J connectivity index is 1.52. The molecule has 10 heteroatoms. The van der Waals surface area contributed by atoms with Crippen LogP contribution in [0.2, 0.25) is 0 Å². The highest BCUT2D eigenvalue weighted by Gasteiger charge is 2.75. The van der Waals surface area contributed by atoms with Crippen molar-refractivity contribution in [3.63, 3.8) is 0 Å². The first-order valence-electron chi connectivity index (χ1n) is 10.2. The third-order valence-electron chi connectivity index (χ3n) is 6.95. The van der Waals surface area contributed by atoms with Gasteiger partial charge in [-0.05, 0) is 24.7 Å². The van der Waals surface area contributed by atoms with Gasteiger partial charge in [0.1, 0.15) is 0 Å². The summed E-state index contributed by atoms with van der Waals surface area (Å²) in [4.78, 5) is 0. The highest BCUT2D eigenvalue weighted by molar-refractivity contribution is 7.87. The fourth-order valence-corrected chi connectivity index (χ4v) is 6.04. The van der Waals surface area contributed by atoms with Crippen molar-refractivity contribution < 1.29 is 40.0 Å². The van der Waals surface area contributed by atoms with Crippen molar-refractivity contribution in [1.82, 2.24) is 0 Å². The third kappa shape index (κ3) is 2.89. The van der Waals surface area contributed by atoms with Crippen LogP contribution in [0, 0.1) is 17.8 Å². The maximum Gasteiger partial charge on any atom is 0.431 e. The molecule has 3 fully saturated rings. The Labute approximate surface area is 182 Å². The van der Waals surface area contributed by atoms with Gasteiger partial charge in [-0.2, -0.15) is 26.0 Å². The molecule has 5 rings (SSSR count). The average molecular weight is 472 g/mol. The van der Waals surface area contributed by atoms with Crippen molar-refractivity contribution in [3.8, 4) is 0 Å². The Bertz CT molecular complexity index is 1070. The van der Waals surface area contributed by atoms with E-state index in [1.165, 1.54) is 0 Å². The molecule has 3 aliphatic rings. The summed E-state index contributed by atoms with van der Waals surface area (Å²) in [6.45, 7) is 0. The molecule has 32 heavy (non-hydrogen) atoms. The lowest BCUT2D eigenvalue weighted by atomic mass is 9.81. The van der Waals surface area contributed by atoms with Crippen LogP contribution in [0.25, 0.3) is 0 Å². The summed E-state index contributed by atoms with van der Waals surface area (Å²) in [6, 6.07) is 17.8. The average Bonchev–Trinajstić information content (AvgIpc) is 3.45. The molecule has 0 aromatic heterocycles. The second-order valence-corrected chi connectivity index (χ2v) is 10.1. The molecule has 5 atom stereocenters. The SMILES string of the molecule is O=S(=O)(O)C(F)(F)C(F)(F)C1CC2CC1[C@@H]1OC(c3ccccc3)(c3ccccc3)OC21. The maximum atomic E-state index is 14.8. The molecule has 2 bridgehead atoms. The number of rotatable bonds is 5. The van der Waals surface area contributed by atoms with Crippen LogP contribution in [0.15, 0.2) is 60.7 Å². The molecule has 5 nitrogen and oxygen atoms in total. The van der Waals surface area contributed by atoms with Gasteiger partial charge in [0.15, 0.2) is 0 Å². The van der Waals surface area contributed by atoms with E-state index in [2.05, 4.69) is 0 Å². The Morgan fingerprint density at radius 2 is 1.34 bits per heavy atom. The predicted octanol–water partition coefficient (Wildman–Crippen LogP) is 4.44. The van der Waals surface area contributed by atoms with Crippen LogP contribution >= 0.6 is 0 Å². The van der Waals surface area contributed by atoms with Gasteiger partial charge >= 0.3 is 21.3 Å². The fourth-order valence-electron chi connectivity index (χ4n) is 5.54. The summed E-state index contributed by atoms with van der Waals surface area (Å²) in [5.41, 5.74) is 1.26. The maximum absolute atomic E-state index is 14.8. The lowest BCUT2D eigenvalue weighted by Gasteiger charge is -2.36. The zero-order valence-corrected chi connectivity index (χ0v) is 17.4. The highest BCUT2D eigenvalue weighted by atomic mass is 32.2. The van der Waals surface area contributed by atoms with Gasteiger partial charge < -0.3 is 9.47 Å². The number of hydrogen-bond donors (Lipinski definition) is 1. The molecule has 172 valence electrons. The third-order valence-corrected chi connectivity index (χ3v) is 7.87. The molecule has 2 saturated carbocycles. The predicted molar refractivity (Wildman–Crippen MR) is 105 cm³/mol. The van der Waals surface area contributed by atoms with E-state index in [1.54, 1.807) is 60.7 Å². The fraction of sp³-hybridized carbons (Fsp3) is 0.455. The number of ether oxygens (including phenoxy) is 2. The lowest BCUT2D eigenvalue weighted by Crippen LogP contribution is -2.55. The van der Waals surface area contributed by atoms with Crippen LogP contribution in [-0.4, -0.2) is 36.4 Å². The number of alkyl halides is 4. The number of halogens is 4. The van der Waals surface area contributed by atoms with Gasteiger partial charge in [0.05, 0.1) is 12.2 Å². The summed E-state index contributed by atoms with van der Waals surface area (Å²) in [7, 11) is -6.30. The van der Waals surface area contributed by atoms with Crippen LogP contribution in [0.5, 0.6) is 0 Å². The van der Waals surface area contributed by atoms with Crippen molar-refractivity contribution in [2.45, 2.75) is 42.0 Å². The standard InChI is InChI=1S/C22H20F4O5S/c23-21(24,22(25,26)32(27,28)29)17-12-13-11-16(17)19-18(13)30-20(31-19,14-7-3-1-4-8-14)15-9-5-2-6-10-15/h1-10,13,16-19H,11-12H2,(H,27,28,29)/t13?,16?,17?,18?,19-/m0/s1. The van der Waals surface area contributed by atoms with Crippen LogP contribution < -0.4 is 0 Å². The quantitative estimate of drug-likeness (QED) is 0.515. The molecular weight excluding hydrogens is 452 g/mol. The van der Waals surface area contributed by atoms with Crippen molar-refractivity contribution in [2.24, 2.45) is 17.8 Å². The summed E-state index contributed by atoms with van der Waals surface area (Å²) in [5.74, 6) is -9.89. The van der Waals surface area contributed by atoms with E-state index in [-0.39, 0.29) is 12.8 Å². The normalized spacial score (nSPS) is 31.6. The minimum absolute atomic E-state index is 0.150. The van der Waals surface area contributed by atoms with Crippen molar-refractivity contribution in [3.05, 3.63) is 71.8 Å². The smallest absolute Gasteiger partial charge is 0.336 e. The van der Waals surface area contributed by atoms with Crippen molar-refractivity contribution in [2.75, 3.05) is 0 Å². The molecule has 1 N–H and O–H groups in total. The first kappa shape index (κ1) is 21.8. The van der Waals surface area contributed by atoms with Crippen molar-refractivity contribution in [1.29, 1.82) is 0 Å². The molecule has 1 heterocycles. The first-order valence-corrected chi connectivity index (χ1v) is 11.6. The van der Waals surface area contributed by atoms with Gasteiger partial charge in [0.2, 0.25) is 5.79 Å². The number of fused-ring (bicyclic) bond motifs is 5. The summed E-state index contributed by atoms with van der Waals surface area (Å²) >= 11 is 0. The molecule has 0 amide bonds. The highest BCUT2D eigenvalue weighted by Crippen LogP contribution is 2.63. The second kappa shape index (κ2) is 6.99. The summed E-state index contributed by atoms with van der Waals surface area (Å²) in [5, 5.41) is -5.60. The molecule has 4 unspecified atom stereocenters. The Morgan fingerprint density at radius 3 is 1.84 bits per heavy atom. The van der Waals surface area contributed by atoms with Gasteiger partial charge in [0.25, 0.3) is 0 Å². The molecule has 2 aromatic rings. The van der Waals surface area contributed by atoms with Gasteiger partial charge in [-0.1, -0.05) is 60.7 Å². The molecule has 2 aromatic carbocycles. The Kier molecular flexibility index (Phi) is 4.77. The minimum Gasteiger partial charge on any atom is -0.336 e. The zero-order chi connectivity index (χ0) is 22.9. The van der Waals surface area contributed by atoms with E-state index < -0.39 is 57.0 Å². The second-order valence-electron chi connectivity index (χ2n) is 8.63. The van der Waals surface area contributed by atoms with E-state index in [9.17, 15) is 26.0 Å². The monoisotopic (exact) mass is 472 g/mol. The summed E-state index contributed by atoms with van der Waals surface area (Å²) in [6.07, 6.45) is -1.74. The van der Waals surface area contributed by atoms with Crippen LogP contribution in [-0.2, 0) is 25.4 Å². The lowest BCUT2D eigenvalue weighted by molar-refractivity contribution is -0.212. The van der Waals surface area contributed by atoms with Crippen LogP contribution in [0.1, 0.15) is 24.0 Å². The topological polar surface area (TPSA) is 72.8 Å². The van der Waals surface area contributed by atoms with Gasteiger partial charge in [-0.25, -0.2) is 0 Å². The molecule has 0 radical (unpaired) electrons. The van der Waals surface area contributed by atoms with E-state index >= 15 is 0 Å². The largest absolute Gasteiger partial charge is 0.431 e. The van der Waals surface area contributed by atoms with Crippen LogP contribution in [0.3, 0.4) is 0 Å². The molecule has 1 saturated heterocycles. The zero-order valence-electron chi connectivity index (χ0n) is 16.6. The molecule has 2 aliphatic carbocycles. The van der Waals surface area contributed by atoms with E-state index in [0.29, 0.717) is 11.1 Å². The van der Waals surface area contributed by atoms with Crippen LogP contribution in [0.4, 0.5) is 17.6 Å².